The number of fused-ring (bicyclic) bond motifs is 5. The molecule has 266 valence electrons. The van der Waals surface area contributed by atoms with Crippen LogP contribution in [0.2, 0.25) is 0 Å². The van der Waals surface area contributed by atoms with E-state index in [-0.39, 0.29) is 42.1 Å². The SMILES string of the molecule is [Pt+2].[Pt+2].[c-]1c(Oc2[c-]c3c(cc2)c2ccc(Oc4[c-]c(-c5ncc6ccccc6n5)ccc4)[c-]c2n3-c2ncccn2)cccc1-c1ncc2ccccc2n1. The Kier molecular flexibility index (Phi) is 9.98. The molecule has 11 heteroatoms. The molecule has 10 rings (SSSR count). The van der Waals surface area contributed by atoms with E-state index in [1.54, 1.807) is 18.5 Å². The van der Waals surface area contributed by atoms with Crippen molar-refractivity contribution in [3.8, 4) is 51.7 Å². The van der Waals surface area contributed by atoms with Gasteiger partial charge in [-0.15, -0.1) is 71.8 Å². The molecule has 0 aliphatic heterocycles. The van der Waals surface area contributed by atoms with Crippen LogP contribution in [0.25, 0.3) is 72.3 Å². The molecular weight excluding hydrogens is 1050 g/mol. The second-order valence-electron chi connectivity index (χ2n) is 12.1. The molecule has 0 unspecified atom stereocenters. The van der Waals surface area contributed by atoms with Crippen molar-refractivity contribution in [3.63, 3.8) is 0 Å². The fourth-order valence-electron chi connectivity index (χ4n) is 6.27. The number of aromatic nitrogens is 7. The molecule has 0 atom stereocenters. The van der Waals surface area contributed by atoms with Gasteiger partial charge in [0.1, 0.15) is 0 Å². The third-order valence-corrected chi connectivity index (χ3v) is 8.72. The van der Waals surface area contributed by atoms with E-state index in [1.807, 2.05) is 126 Å². The first-order valence-electron chi connectivity index (χ1n) is 16.8. The Morgan fingerprint density at radius 3 is 1.42 bits per heavy atom. The summed E-state index contributed by atoms with van der Waals surface area (Å²) in [6.07, 6.45) is 7.03. The minimum absolute atomic E-state index is 0. The van der Waals surface area contributed by atoms with Gasteiger partial charge in [-0.25, -0.2) is 9.97 Å². The Labute approximate surface area is 343 Å². The van der Waals surface area contributed by atoms with Crippen LogP contribution in [0.15, 0.2) is 140 Å². The predicted molar refractivity (Wildman–Crippen MR) is 202 cm³/mol. The molecule has 10 aromatic rings. The first-order valence-corrected chi connectivity index (χ1v) is 16.8. The first-order chi connectivity index (χ1) is 26.2. The summed E-state index contributed by atoms with van der Waals surface area (Å²) in [7, 11) is 0. The van der Waals surface area contributed by atoms with E-state index < -0.39 is 0 Å². The van der Waals surface area contributed by atoms with Crippen LogP contribution in [0.1, 0.15) is 0 Å². The molecule has 0 N–H and O–H groups in total. The summed E-state index contributed by atoms with van der Waals surface area (Å²) < 4.78 is 14.6. The maximum absolute atomic E-state index is 6.33. The molecule has 9 nitrogen and oxygen atoms in total. The van der Waals surface area contributed by atoms with Crippen molar-refractivity contribution < 1.29 is 51.6 Å². The minimum atomic E-state index is 0. The van der Waals surface area contributed by atoms with Crippen molar-refractivity contribution in [2.75, 3.05) is 0 Å². The zero-order chi connectivity index (χ0) is 35.1. The molecule has 0 aliphatic carbocycles. The van der Waals surface area contributed by atoms with E-state index in [1.165, 1.54) is 0 Å². The second kappa shape index (κ2) is 15.3. The van der Waals surface area contributed by atoms with Gasteiger partial charge in [0.25, 0.3) is 0 Å². The van der Waals surface area contributed by atoms with Crippen LogP contribution in [0.5, 0.6) is 23.0 Å². The van der Waals surface area contributed by atoms with Gasteiger partial charge >= 0.3 is 42.1 Å². The summed E-state index contributed by atoms with van der Waals surface area (Å²) in [5.74, 6) is 3.57. The van der Waals surface area contributed by atoms with Crippen molar-refractivity contribution in [1.82, 2.24) is 34.5 Å². The van der Waals surface area contributed by atoms with Crippen molar-refractivity contribution >= 4 is 43.6 Å². The van der Waals surface area contributed by atoms with Crippen molar-refractivity contribution in [2.24, 2.45) is 0 Å². The maximum atomic E-state index is 6.33. The number of rotatable bonds is 7. The van der Waals surface area contributed by atoms with E-state index in [0.29, 0.717) is 51.6 Å². The third-order valence-electron chi connectivity index (χ3n) is 8.72. The van der Waals surface area contributed by atoms with Crippen molar-refractivity contribution in [2.45, 2.75) is 0 Å². The smallest absolute Gasteiger partial charge is 0.503 e. The molecule has 0 aliphatic rings. The Bertz CT molecular complexity index is 2810. The van der Waals surface area contributed by atoms with Gasteiger partial charge in [-0.05, 0) is 18.2 Å². The molecule has 4 heterocycles. The Morgan fingerprint density at radius 1 is 0.436 bits per heavy atom. The van der Waals surface area contributed by atoms with Crippen LogP contribution in [0.3, 0.4) is 0 Å². The Balaban J connectivity index is 0.00000214. The largest absolute Gasteiger partial charge is 2.00 e. The number of para-hydroxylation sites is 2. The van der Waals surface area contributed by atoms with Crippen LogP contribution >= 0.6 is 0 Å². The zero-order valence-corrected chi connectivity index (χ0v) is 32.9. The van der Waals surface area contributed by atoms with Crippen LogP contribution in [-0.4, -0.2) is 34.5 Å². The number of hydrogen-bond donors (Lipinski definition) is 0. The van der Waals surface area contributed by atoms with Gasteiger partial charge in [-0.3, -0.25) is 19.9 Å². The fraction of sp³-hybridized carbons (Fsp3) is 0. The summed E-state index contributed by atoms with van der Waals surface area (Å²) in [5.41, 5.74) is 4.59. The normalized spacial score (nSPS) is 11.0. The fourth-order valence-corrected chi connectivity index (χ4v) is 6.27. The summed E-state index contributed by atoms with van der Waals surface area (Å²) >= 11 is 0. The molecule has 0 saturated heterocycles. The molecule has 0 fully saturated rings. The monoisotopic (exact) mass is 1070 g/mol. The summed E-state index contributed by atoms with van der Waals surface area (Å²) in [6, 6.07) is 50.1. The molecule has 0 radical (unpaired) electrons. The van der Waals surface area contributed by atoms with E-state index in [2.05, 4.69) is 44.2 Å². The van der Waals surface area contributed by atoms with Gasteiger partial charge in [0.15, 0.2) is 0 Å². The molecular formula is C44H23N7O2Pt2. The van der Waals surface area contributed by atoms with E-state index in [9.17, 15) is 0 Å². The zero-order valence-electron chi connectivity index (χ0n) is 28.4. The minimum Gasteiger partial charge on any atom is -0.503 e. The molecule has 55 heavy (non-hydrogen) atoms. The molecule has 0 amide bonds. The van der Waals surface area contributed by atoms with Crippen molar-refractivity contribution in [3.05, 3.63) is 164 Å². The second-order valence-corrected chi connectivity index (χ2v) is 12.1. The molecule has 0 spiro atoms. The van der Waals surface area contributed by atoms with Crippen LogP contribution in [0.4, 0.5) is 0 Å². The molecule has 0 bridgehead atoms. The number of nitrogens with zero attached hydrogens (tertiary/aromatic N) is 7. The average molecular weight is 1070 g/mol. The summed E-state index contributed by atoms with van der Waals surface area (Å²) in [6.45, 7) is 0. The third kappa shape index (κ3) is 7.01. The first kappa shape index (κ1) is 35.9. The van der Waals surface area contributed by atoms with Crippen LogP contribution in [-0.2, 0) is 42.1 Å². The van der Waals surface area contributed by atoms with Gasteiger partial charge < -0.3 is 14.0 Å². The topological polar surface area (TPSA) is 101 Å². The molecule has 0 saturated carbocycles. The Morgan fingerprint density at radius 2 is 0.909 bits per heavy atom. The quantitative estimate of drug-likeness (QED) is 0.146. The number of benzene rings is 6. The van der Waals surface area contributed by atoms with E-state index in [4.69, 9.17) is 19.4 Å². The van der Waals surface area contributed by atoms with E-state index in [0.717, 1.165) is 43.7 Å². The summed E-state index contributed by atoms with van der Waals surface area (Å²) in [5, 5.41) is 3.79. The van der Waals surface area contributed by atoms with Gasteiger partial charge in [0.2, 0.25) is 5.95 Å². The standard InChI is InChI=1S/C44H23N7O2.2Pt/c1-3-14-38-30(8-1)26-47-42(49-38)28-10-5-12-32(22-28)52-34-16-18-36-37-19-17-35(25-41(37)51(40(36)24-34)44-45-20-7-21-46-44)53-33-13-6-11-29(23-33)43-48-27-31-9-2-4-15-39(31)50-43;;/h1-21,26-27H;;/q-4;2*+2. The van der Waals surface area contributed by atoms with Crippen LogP contribution < -0.4 is 9.47 Å². The number of hydrogen-bond acceptors (Lipinski definition) is 8. The Hall–Kier alpha value is -6.14. The van der Waals surface area contributed by atoms with Crippen LogP contribution in [0, 0.1) is 24.3 Å². The average Bonchev–Trinajstić information content (AvgIpc) is 3.53. The van der Waals surface area contributed by atoms with E-state index >= 15 is 0 Å². The molecule has 6 aromatic carbocycles. The maximum Gasteiger partial charge on any atom is 2.00 e. The van der Waals surface area contributed by atoms with Gasteiger partial charge in [-0.1, -0.05) is 59.6 Å². The predicted octanol–water partition coefficient (Wildman–Crippen LogP) is 9.57. The van der Waals surface area contributed by atoms with Gasteiger partial charge in [0, 0.05) is 58.6 Å². The molecule has 4 aromatic heterocycles. The number of ether oxygens (including phenoxy) is 2. The summed E-state index contributed by atoms with van der Waals surface area (Å²) in [4.78, 5) is 27.7. The van der Waals surface area contributed by atoms with Gasteiger partial charge in [-0.2, -0.15) is 22.9 Å². The van der Waals surface area contributed by atoms with Gasteiger partial charge in [0.05, 0.1) is 22.7 Å². The van der Waals surface area contributed by atoms with Crippen molar-refractivity contribution in [1.29, 1.82) is 0 Å².